The van der Waals surface area contributed by atoms with E-state index >= 15 is 0 Å². The zero-order valence-corrected chi connectivity index (χ0v) is 10.7. The smallest absolute Gasteiger partial charge is 0.407 e. The molecule has 0 radical (unpaired) electrons. The predicted molar refractivity (Wildman–Crippen MR) is 69.3 cm³/mol. The van der Waals surface area contributed by atoms with Gasteiger partial charge in [-0.1, -0.05) is 12.1 Å². The fourth-order valence-electron chi connectivity index (χ4n) is 1.54. The SMILES string of the molecule is COC(=O)NC(C)CN(N=O)c1cccc(C)c1. The van der Waals surface area contributed by atoms with Gasteiger partial charge in [-0.05, 0) is 31.5 Å². The lowest BCUT2D eigenvalue weighted by molar-refractivity contribution is 0.167. The van der Waals surface area contributed by atoms with E-state index in [2.05, 4.69) is 15.3 Å². The van der Waals surface area contributed by atoms with Crippen LogP contribution in [-0.4, -0.2) is 25.8 Å². The highest BCUT2D eigenvalue weighted by atomic mass is 16.5. The first-order valence-electron chi connectivity index (χ1n) is 5.58. The van der Waals surface area contributed by atoms with Crippen LogP contribution in [0.1, 0.15) is 12.5 Å². The third kappa shape index (κ3) is 4.04. The number of nitrogens with zero attached hydrogens (tertiary/aromatic N) is 2. The Balaban J connectivity index is 2.67. The van der Waals surface area contributed by atoms with E-state index in [9.17, 15) is 9.70 Å². The number of nitrogens with one attached hydrogen (secondary N) is 1. The zero-order valence-electron chi connectivity index (χ0n) is 10.7. The van der Waals surface area contributed by atoms with Crippen LogP contribution in [-0.2, 0) is 4.74 Å². The van der Waals surface area contributed by atoms with E-state index in [1.807, 2.05) is 25.1 Å². The molecule has 6 nitrogen and oxygen atoms in total. The van der Waals surface area contributed by atoms with Gasteiger partial charge in [0.2, 0.25) is 0 Å². The molecule has 1 rings (SSSR count). The van der Waals surface area contributed by atoms with Crippen LogP contribution >= 0.6 is 0 Å². The Kier molecular flexibility index (Phi) is 5.10. The van der Waals surface area contributed by atoms with Crippen LogP contribution in [0, 0.1) is 11.8 Å². The van der Waals surface area contributed by atoms with E-state index in [1.165, 1.54) is 12.1 Å². The maximum absolute atomic E-state index is 11.0. The van der Waals surface area contributed by atoms with E-state index in [4.69, 9.17) is 0 Å². The molecule has 0 aliphatic rings. The molecule has 1 aromatic carbocycles. The van der Waals surface area contributed by atoms with E-state index in [0.29, 0.717) is 5.69 Å². The van der Waals surface area contributed by atoms with E-state index in [1.54, 1.807) is 13.0 Å². The maximum Gasteiger partial charge on any atom is 0.407 e. The molecule has 0 heterocycles. The Bertz CT molecular complexity index is 423. The summed E-state index contributed by atoms with van der Waals surface area (Å²) in [7, 11) is 1.29. The average Bonchev–Trinajstić information content (AvgIpc) is 2.35. The number of anilines is 1. The van der Waals surface area contributed by atoms with Crippen molar-refractivity contribution in [2.75, 3.05) is 18.7 Å². The van der Waals surface area contributed by atoms with Crippen molar-refractivity contribution in [2.24, 2.45) is 5.29 Å². The third-order valence-corrected chi connectivity index (χ3v) is 2.39. The fourth-order valence-corrected chi connectivity index (χ4v) is 1.54. The van der Waals surface area contributed by atoms with Crippen molar-refractivity contribution < 1.29 is 9.53 Å². The summed E-state index contributed by atoms with van der Waals surface area (Å²) in [6.07, 6.45) is -0.530. The highest BCUT2D eigenvalue weighted by molar-refractivity contribution is 5.67. The summed E-state index contributed by atoms with van der Waals surface area (Å²) in [4.78, 5) is 21.9. The van der Waals surface area contributed by atoms with Crippen LogP contribution in [0.4, 0.5) is 10.5 Å². The number of methoxy groups -OCH3 is 1. The predicted octanol–water partition coefficient (Wildman–Crippen LogP) is 2.23. The normalized spacial score (nSPS) is 11.5. The minimum atomic E-state index is -0.530. The molecule has 1 atom stereocenters. The van der Waals surface area contributed by atoms with Gasteiger partial charge in [-0.25, -0.2) is 9.80 Å². The molecule has 98 valence electrons. The molecular weight excluding hydrogens is 234 g/mol. The lowest BCUT2D eigenvalue weighted by atomic mass is 10.2. The number of carbonyl (C=O) groups excluding carboxylic acids is 1. The largest absolute Gasteiger partial charge is 0.453 e. The van der Waals surface area contributed by atoms with Gasteiger partial charge in [0.25, 0.3) is 0 Å². The second-order valence-corrected chi connectivity index (χ2v) is 4.04. The number of carbonyl (C=O) groups is 1. The van der Waals surface area contributed by atoms with Crippen LogP contribution in [0.5, 0.6) is 0 Å². The monoisotopic (exact) mass is 251 g/mol. The molecule has 0 spiro atoms. The van der Waals surface area contributed by atoms with Gasteiger partial charge in [0.05, 0.1) is 24.6 Å². The van der Waals surface area contributed by atoms with Crippen molar-refractivity contribution in [3.8, 4) is 0 Å². The molecule has 1 amide bonds. The Labute approximate surface area is 106 Å². The molecule has 0 fully saturated rings. The molecule has 0 aliphatic heterocycles. The molecule has 1 N–H and O–H groups in total. The first kappa shape index (κ1) is 14.0. The number of amides is 1. The summed E-state index contributed by atoms with van der Waals surface area (Å²) in [6, 6.07) is 7.17. The van der Waals surface area contributed by atoms with Crippen molar-refractivity contribution in [3.63, 3.8) is 0 Å². The van der Waals surface area contributed by atoms with Gasteiger partial charge >= 0.3 is 6.09 Å². The summed E-state index contributed by atoms with van der Waals surface area (Å²) < 4.78 is 4.48. The molecule has 0 saturated heterocycles. The van der Waals surface area contributed by atoms with Crippen LogP contribution in [0.3, 0.4) is 0 Å². The molecule has 6 heteroatoms. The Morgan fingerprint density at radius 3 is 2.83 bits per heavy atom. The second kappa shape index (κ2) is 6.58. The minimum absolute atomic E-state index is 0.254. The topological polar surface area (TPSA) is 71.0 Å². The van der Waals surface area contributed by atoms with Crippen LogP contribution in [0.25, 0.3) is 0 Å². The van der Waals surface area contributed by atoms with Gasteiger partial charge in [-0.2, -0.15) is 0 Å². The number of hydrogen-bond donors (Lipinski definition) is 1. The van der Waals surface area contributed by atoms with E-state index in [-0.39, 0.29) is 12.6 Å². The number of hydrogen-bond acceptors (Lipinski definition) is 4. The number of aryl methyl sites for hydroxylation is 1. The van der Waals surface area contributed by atoms with Gasteiger partial charge in [0.15, 0.2) is 0 Å². The van der Waals surface area contributed by atoms with E-state index < -0.39 is 6.09 Å². The van der Waals surface area contributed by atoms with Crippen molar-refractivity contribution in [3.05, 3.63) is 34.7 Å². The molecule has 18 heavy (non-hydrogen) atoms. The van der Waals surface area contributed by atoms with Crippen LogP contribution in [0.2, 0.25) is 0 Å². The third-order valence-electron chi connectivity index (χ3n) is 2.39. The molecular formula is C12H17N3O3. The molecule has 1 aromatic rings. The van der Waals surface area contributed by atoms with Gasteiger partial charge in [0.1, 0.15) is 0 Å². The molecule has 0 saturated carbocycles. The summed E-state index contributed by atoms with van der Waals surface area (Å²) in [6.45, 7) is 3.98. The number of benzene rings is 1. The number of nitroso groups, excluding NO2 is 1. The van der Waals surface area contributed by atoms with Gasteiger partial charge in [-0.15, -0.1) is 4.91 Å². The van der Waals surface area contributed by atoms with Crippen molar-refractivity contribution in [1.82, 2.24) is 5.32 Å². The van der Waals surface area contributed by atoms with Gasteiger partial charge in [0, 0.05) is 6.04 Å². The van der Waals surface area contributed by atoms with Crippen LogP contribution < -0.4 is 10.3 Å². The fraction of sp³-hybridized carbons (Fsp3) is 0.417. The second-order valence-electron chi connectivity index (χ2n) is 4.04. The summed E-state index contributed by atoms with van der Waals surface area (Å²) >= 11 is 0. The Morgan fingerprint density at radius 1 is 1.56 bits per heavy atom. The minimum Gasteiger partial charge on any atom is -0.453 e. The summed E-state index contributed by atoms with van der Waals surface area (Å²) in [5, 5.41) is 6.84. The summed E-state index contributed by atoms with van der Waals surface area (Å²) in [5.41, 5.74) is 1.73. The summed E-state index contributed by atoms with van der Waals surface area (Å²) in [5.74, 6) is 0. The van der Waals surface area contributed by atoms with E-state index in [0.717, 1.165) is 5.56 Å². The first-order valence-corrected chi connectivity index (χ1v) is 5.58. The van der Waals surface area contributed by atoms with Gasteiger partial charge < -0.3 is 10.1 Å². The highest BCUT2D eigenvalue weighted by Crippen LogP contribution is 2.16. The van der Waals surface area contributed by atoms with Crippen molar-refractivity contribution in [1.29, 1.82) is 0 Å². The van der Waals surface area contributed by atoms with Crippen molar-refractivity contribution in [2.45, 2.75) is 19.9 Å². The maximum atomic E-state index is 11.0. The molecule has 0 aromatic heterocycles. The molecule has 0 aliphatic carbocycles. The lowest BCUT2D eigenvalue weighted by Crippen LogP contribution is -2.40. The number of rotatable bonds is 5. The Morgan fingerprint density at radius 2 is 2.28 bits per heavy atom. The highest BCUT2D eigenvalue weighted by Gasteiger charge is 2.13. The van der Waals surface area contributed by atoms with Crippen LogP contribution in [0.15, 0.2) is 29.6 Å². The first-order chi connectivity index (χ1) is 8.56. The molecule has 0 bridgehead atoms. The Hall–Kier alpha value is -2.11. The average molecular weight is 251 g/mol. The molecule has 1 unspecified atom stereocenters. The quantitative estimate of drug-likeness (QED) is 0.643. The van der Waals surface area contributed by atoms with Crippen molar-refractivity contribution >= 4 is 11.8 Å². The zero-order chi connectivity index (χ0) is 13.5. The standard InChI is InChI=1S/C12H17N3O3/c1-9-5-4-6-11(7-9)15(14-17)8-10(2)13-12(16)18-3/h4-7,10H,8H2,1-3H3,(H,13,16). The lowest BCUT2D eigenvalue weighted by Gasteiger charge is -2.20. The number of alkyl carbamates (subject to hydrolysis) is 1. The number of ether oxygens (including phenoxy) is 1. The van der Waals surface area contributed by atoms with Gasteiger partial charge in [-0.3, -0.25) is 0 Å².